The van der Waals surface area contributed by atoms with E-state index in [1.54, 1.807) is 0 Å². The molecule has 0 saturated carbocycles. The van der Waals surface area contributed by atoms with Crippen LogP contribution < -0.4 is 0 Å². The average Bonchev–Trinajstić information content (AvgIpc) is 2.67. The lowest BCUT2D eigenvalue weighted by molar-refractivity contribution is 1.000. The highest BCUT2D eigenvalue weighted by atomic mass is 127. The molecule has 0 unspecified atom stereocenters. The molecule has 0 spiro atoms. The summed E-state index contributed by atoms with van der Waals surface area (Å²) < 4.78 is 5.15. The molecule has 15 heavy (non-hydrogen) atoms. The van der Waals surface area contributed by atoms with Crippen LogP contribution in [0, 0.1) is 14.3 Å². The molecular weight excluding hydrogens is 644 g/mol. The lowest BCUT2D eigenvalue weighted by atomic mass is 10.3. The van der Waals surface area contributed by atoms with E-state index in [9.17, 15) is 0 Å². The van der Waals surface area contributed by atoms with Gasteiger partial charge in [0.1, 0.15) is 11.3 Å². The summed E-state index contributed by atoms with van der Waals surface area (Å²) in [6.07, 6.45) is 0.952. The lowest BCUT2D eigenvalue weighted by Crippen LogP contribution is -1.92. The molecule has 0 amide bonds. The number of fused-ring (bicyclic) bond motifs is 1. The summed E-state index contributed by atoms with van der Waals surface area (Å²) in [7, 11) is 0. The minimum atomic E-state index is 0.952. The van der Waals surface area contributed by atoms with E-state index in [0.717, 1.165) is 17.8 Å². The molecule has 0 aliphatic heterocycles. The van der Waals surface area contributed by atoms with Gasteiger partial charge in [-0.05, 0) is 90.4 Å². The van der Waals surface area contributed by atoms with Crippen LogP contribution in [-0.4, -0.2) is 9.97 Å². The molecule has 0 saturated heterocycles. The monoisotopic (exact) mass is 650 g/mol. The molecule has 2 aromatic rings. The Bertz CT molecular complexity index is 488. The van der Waals surface area contributed by atoms with E-state index in [-0.39, 0.29) is 0 Å². The summed E-state index contributed by atoms with van der Waals surface area (Å²) >= 11 is 9.55. The molecule has 0 aliphatic rings. The van der Waals surface area contributed by atoms with Gasteiger partial charge in [0.05, 0.1) is 12.7 Å². The first-order chi connectivity index (χ1) is 7.06. The molecule has 0 fully saturated rings. The van der Waals surface area contributed by atoms with Crippen LogP contribution in [0.1, 0.15) is 12.7 Å². The number of hydrogen-bond donors (Lipinski definition) is 1. The fourth-order valence-corrected chi connectivity index (χ4v) is 4.73. The van der Waals surface area contributed by atoms with Gasteiger partial charge in [-0.3, -0.25) is 0 Å². The van der Waals surface area contributed by atoms with Crippen molar-refractivity contribution in [1.82, 2.24) is 9.97 Å². The maximum atomic E-state index is 4.62. The van der Waals surface area contributed by atoms with Gasteiger partial charge >= 0.3 is 0 Å². The fraction of sp³-hybridized carbons (Fsp3) is 0.222. The maximum Gasteiger partial charge on any atom is 0.107 e. The first-order valence-corrected chi connectivity index (χ1v) is 8.58. The Hall–Kier alpha value is 1.61. The Labute approximate surface area is 142 Å². The normalized spacial score (nSPS) is 11.3. The van der Waals surface area contributed by atoms with Crippen molar-refractivity contribution in [3.05, 3.63) is 20.1 Å². The van der Waals surface area contributed by atoms with E-state index in [1.165, 1.54) is 19.8 Å². The zero-order valence-electron chi connectivity index (χ0n) is 7.67. The van der Waals surface area contributed by atoms with Gasteiger partial charge in [0.15, 0.2) is 0 Å². The number of aryl methyl sites for hydroxylation is 1. The van der Waals surface area contributed by atoms with Crippen molar-refractivity contribution >= 4 is 101 Å². The highest BCUT2D eigenvalue weighted by molar-refractivity contribution is 14.1. The summed E-state index contributed by atoms with van der Waals surface area (Å²) in [5.74, 6) is 1.07. The molecule has 2 rings (SSSR count). The van der Waals surface area contributed by atoms with E-state index in [0.29, 0.717) is 0 Å². The molecule has 0 atom stereocenters. The second kappa shape index (κ2) is 5.08. The first-order valence-electron chi connectivity index (χ1n) is 4.26. The zero-order valence-corrected chi connectivity index (χ0v) is 16.3. The molecule has 0 radical (unpaired) electrons. The number of imidazole rings is 1. The summed E-state index contributed by atoms with van der Waals surface area (Å²) in [6, 6.07) is 0. The van der Waals surface area contributed by atoms with Crippen molar-refractivity contribution in [3.63, 3.8) is 0 Å². The standard InChI is InChI=1S/C9H6I4N2/c1-2-3-14-8-6(12)4(10)5(11)7(13)9(8)15-3/h2H2,1H3,(H,14,15). The number of nitrogens with zero attached hydrogens (tertiary/aromatic N) is 1. The predicted octanol–water partition coefficient (Wildman–Crippen LogP) is 4.54. The summed E-state index contributed by atoms with van der Waals surface area (Å²) in [5, 5.41) is 0. The largest absolute Gasteiger partial charge is 0.341 e. The second-order valence-electron chi connectivity index (χ2n) is 3.02. The molecule has 2 nitrogen and oxygen atoms in total. The SMILES string of the molecule is CCc1nc2c(I)c(I)c(I)c(I)c2[nH]1. The van der Waals surface area contributed by atoms with E-state index in [4.69, 9.17) is 0 Å². The highest BCUT2D eigenvalue weighted by Crippen LogP contribution is 2.33. The quantitative estimate of drug-likeness (QED) is 0.275. The number of halogens is 4. The molecule has 80 valence electrons. The van der Waals surface area contributed by atoms with Crippen LogP contribution in [0.2, 0.25) is 0 Å². The molecule has 1 aromatic carbocycles. The molecule has 1 aromatic heterocycles. The number of H-pyrrole nitrogens is 1. The molecule has 1 N–H and O–H groups in total. The van der Waals surface area contributed by atoms with Gasteiger partial charge in [0.25, 0.3) is 0 Å². The minimum Gasteiger partial charge on any atom is -0.341 e. The predicted molar refractivity (Wildman–Crippen MR) is 96.3 cm³/mol. The van der Waals surface area contributed by atoms with Gasteiger partial charge in [0, 0.05) is 13.6 Å². The van der Waals surface area contributed by atoms with Crippen molar-refractivity contribution in [2.45, 2.75) is 13.3 Å². The summed E-state index contributed by atoms with van der Waals surface area (Å²) in [4.78, 5) is 8.01. The van der Waals surface area contributed by atoms with E-state index >= 15 is 0 Å². The second-order valence-corrected chi connectivity index (χ2v) is 7.33. The van der Waals surface area contributed by atoms with Crippen LogP contribution in [0.4, 0.5) is 0 Å². The first kappa shape index (κ1) is 13.1. The molecular formula is C9H6I4N2. The Balaban J connectivity index is 2.90. The third-order valence-electron chi connectivity index (χ3n) is 2.09. The van der Waals surface area contributed by atoms with E-state index < -0.39 is 0 Å². The van der Waals surface area contributed by atoms with Gasteiger partial charge in [-0.25, -0.2) is 4.98 Å². The summed E-state index contributed by atoms with van der Waals surface area (Å²) in [5.41, 5.74) is 2.29. The van der Waals surface area contributed by atoms with Crippen molar-refractivity contribution in [1.29, 1.82) is 0 Å². The molecule has 1 heterocycles. The minimum absolute atomic E-state index is 0.952. The van der Waals surface area contributed by atoms with Crippen LogP contribution in [0.3, 0.4) is 0 Å². The third-order valence-corrected chi connectivity index (χ3v) is 9.48. The van der Waals surface area contributed by atoms with Gasteiger partial charge < -0.3 is 4.98 Å². The zero-order chi connectivity index (χ0) is 11.2. The van der Waals surface area contributed by atoms with Crippen LogP contribution >= 0.6 is 90.4 Å². The molecule has 6 heteroatoms. The number of aromatic nitrogens is 2. The van der Waals surface area contributed by atoms with Gasteiger partial charge in [-0.2, -0.15) is 0 Å². The highest BCUT2D eigenvalue weighted by Gasteiger charge is 2.16. The number of rotatable bonds is 1. The Kier molecular flexibility index (Phi) is 4.42. The Morgan fingerprint density at radius 1 is 1.00 bits per heavy atom. The maximum absolute atomic E-state index is 4.62. The Morgan fingerprint density at radius 3 is 2.20 bits per heavy atom. The van der Waals surface area contributed by atoms with Crippen LogP contribution in [0.25, 0.3) is 11.0 Å². The van der Waals surface area contributed by atoms with E-state index in [2.05, 4.69) is 107 Å². The average molecular weight is 650 g/mol. The topological polar surface area (TPSA) is 28.7 Å². The van der Waals surface area contributed by atoms with Crippen molar-refractivity contribution in [2.75, 3.05) is 0 Å². The number of benzene rings is 1. The van der Waals surface area contributed by atoms with Gasteiger partial charge in [0.2, 0.25) is 0 Å². The van der Waals surface area contributed by atoms with Crippen molar-refractivity contribution in [3.8, 4) is 0 Å². The van der Waals surface area contributed by atoms with Crippen LogP contribution in [-0.2, 0) is 6.42 Å². The third kappa shape index (κ3) is 2.28. The Morgan fingerprint density at radius 2 is 1.60 bits per heavy atom. The van der Waals surface area contributed by atoms with Crippen LogP contribution in [0.15, 0.2) is 0 Å². The van der Waals surface area contributed by atoms with Crippen molar-refractivity contribution in [2.24, 2.45) is 0 Å². The van der Waals surface area contributed by atoms with Gasteiger partial charge in [-0.15, -0.1) is 0 Å². The number of nitrogens with one attached hydrogen (secondary N) is 1. The fourth-order valence-electron chi connectivity index (χ4n) is 1.31. The van der Waals surface area contributed by atoms with Gasteiger partial charge in [-0.1, -0.05) is 6.92 Å². The van der Waals surface area contributed by atoms with Crippen molar-refractivity contribution < 1.29 is 0 Å². The molecule has 0 bridgehead atoms. The van der Waals surface area contributed by atoms with E-state index in [1.807, 2.05) is 0 Å². The summed E-state index contributed by atoms with van der Waals surface area (Å²) in [6.45, 7) is 2.12. The smallest absolute Gasteiger partial charge is 0.107 e. The number of aromatic amines is 1. The molecule has 0 aliphatic carbocycles. The lowest BCUT2D eigenvalue weighted by Gasteiger charge is -2.04. The van der Waals surface area contributed by atoms with Crippen LogP contribution in [0.5, 0.6) is 0 Å². The number of hydrogen-bond acceptors (Lipinski definition) is 1.